The van der Waals surface area contributed by atoms with Crippen molar-refractivity contribution in [1.29, 1.82) is 0 Å². The maximum absolute atomic E-state index is 12.1. The van der Waals surface area contributed by atoms with E-state index in [4.69, 9.17) is 9.47 Å². The van der Waals surface area contributed by atoms with Crippen molar-refractivity contribution in [2.75, 3.05) is 33.1 Å². The Balaban J connectivity index is 1.67. The molecule has 0 spiro atoms. The molecule has 2 N–H and O–H groups in total. The van der Waals surface area contributed by atoms with Crippen molar-refractivity contribution in [3.8, 4) is 11.5 Å². The second-order valence-corrected chi connectivity index (χ2v) is 8.68. The molecule has 0 aliphatic heterocycles. The number of ether oxygens (including phenoxy) is 2. The predicted molar refractivity (Wildman–Crippen MR) is 112 cm³/mol. The van der Waals surface area contributed by atoms with Crippen LogP contribution in [0.3, 0.4) is 0 Å². The Hall–Kier alpha value is -1.76. The number of hydrogen-bond acceptors (Lipinski definition) is 4. The average Bonchev–Trinajstić information content (AvgIpc) is 2.72. The molecule has 152 valence electrons. The number of hydrogen-bond donors (Lipinski definition) is 2. The van der Waals surface area contributed by atoms with E-state index in [2.05, 4.69) is 15.6 Å². The lowest BCUT2D eigenvalue weighted by atomic mass is 9.95. The lowest BCUT2D eigenvalue weighted by Gasteiger charge is -2.30. The molecule has 7 heteroatoms. The summed E-state index contributed by atoms with van der Waals surface area (Å²) in [6.45, 7) is 3.40. The number of aliphatic imine (C=N–C) groups is 1. The van der Waals surface area contributed by atoms with Gasteiger partial charge in [-0.25, -0.2) is 0 Å². The molecule has 6 nitrogen and oxygen atoms in total. The first kappa shape index (κ1) is 21.5. The highest BCUT2D eigenvalue weighted by molar-refractivity contribution is 7.85. The minimum absolute atomic E-state index is 0.315. The summed E-state index contributed by atoms with van der Waals surface area (Å²) in [5, 5.41) is 7.14. The molecule has 0 radical (unpaired) electrons. The van der Waals surface area contributed by atoms with Crippen molar-refractivity contribution in [2.45, 2.75) is 50.3 Å². The first-order valence-corrected chi connectivity index (χ1v) is 11.2. The summed E-state index contributed by atoms with van der Waals surface area (Å²) >= 11 is 0. The van der Waals surface area contributed by atoms with Gasteiger partial charge in [-0.15, -0.1) is 0 Å². The zero-order valence-corrected chi connectivity index (χ0v) is 17.5. The molecule has 1 aliphatic carbocycles. The van der Waals surface area contributed by atoms with E-state index in [1.807, 2.05) is 31.2 Å². The number of methoxy groups -OCH3 is 1. The second kappa shape index (κ2) is 11.8. The molecule has 3 unspecified atom stereocenters. The summed E-state index contributed by atoms with van der Waals surface area (Å²) in [6, 6.07) is 7.97. The molecular formula is C20H33N3O3S. The van der Waals surface area contributed by atoms with E-state index >= 15 is 0 Å². The lowest BCUT2D eigenvalue weighted by molar-refractivity contribution is 0.308. The first-order chi connectivity index (χ1) is 13.2. The van der Waals surface area contributed by atoms with Crippen molar-refractivity contribution >= 4 is 16.8 Å². The molecule has 0 aromatic heterocycles. The second-order valence-electron chi connectivity index (χ2n) is 6.68. The summed E-state index contributed by atoms with van der Waals surface area (Å²) in [4.78, 5) is 4.31. The van der Waals surface area contributed by atoms with Crippen LogP contribution in [0.2, 0.25) is 0 Å². The fourth-order valence-electron chi connectivity index (χ4n) is 3.30. The van der Waals surface area contributed by atoms with Crippen LogP contribution < -0.4 is 20.1 Å². The van der Waals surface area contributed by atoms with Gasteiger partial charge in [-0.05, 0) is 37.8 Å². The van der Waals surface area contributed by atoms with Crippen molar-refractivity contribution < 1.29 is 13.7 Å². The molecule has 0 bridgehead atoms. The summed E-state index contributed by atoms with van der Waals surface area (Å²) in [7, 11) is 2.73. The molecule has 3 atom stereocenters. The minimum Gasteiger partial charge on any atom is -0.497 e. The van der Waals surface area contributed by atoms with Crippen LogP contribution in [0.4, 0.5) is 0 Å². The van der Waals surface area contributed by atoms with Crippen LogP contribution in [0, 0.1) is 0 Å². The number of benzene rings is 1. The monoisotopic (exact) mass is 395 g/mol. The summed E-state index contributed by atoms with van der Waals surface area (Å²) in [6.07, 6.45) is 5.13. The van der Waals surface area contributed by atoms with Gasteiger partial charge in [0.15, 0.2) is 5.96 Å². The fraction of sp³-hybridized carbons (Fsp3) is 0.650. The topological polar surface area (TPSA) is 72.0 Å². The van der Waals surface area contributed by atoms with Crippen molar-refractivity contribution in [1.82, 2.24) is 10.6 Å². The van der Waals surface area contributed by atoms with E-state index in [9.17, 15) is 4.21 Å². The van der Waals surface area contributed by atoms with E-state index in [1.54, 1.807) is 14.2 Å². The zero-order valence-electron chi connectivity index (χ0n) is 16.7. The molecule has 1 fully saturated rings. The maximum atomic E-state index is 12.1. The lowest BCUT2D eigenvalue weighted by Crippen LogP contribution is -2.47. The predicted octanol–water partition coefficient (Wildman–Crippen LogP) is 2.71. The van der Waals surface area contributed by atoms with Crippen molar-refractivity contribution in [2.24, 2.45) is 4.99 Å². The zero-order chi connectivity index (χ0) is 19.5. The molecule has 0 heterocycles. The van der Waals surface area contributed by atoms with Gasteiger partial charge in [-0.1, -0.05) is 19.4 Å². The molecule has 1 aromatic carbocycles. The van der Waals surface area contributed by atoms with Gasteiger partial charge in [0.1, 0.15) is 11.5 Å². The van der Waals surface area contributed by atoms with Gasteiger partial charge in [-0.2, -0.15) is 0 Å². The van der Waals surface area contributed by atoms with Gasteiger partial charge in [0.25, 0.3) is 0 Å². The Morgan fingerprint density at radius 1 is 1.33 bits per heavy atom. The van der Waals surface area contributed by atoms with E-state index in [-0.39, 0.29) is 0 Å². The Kier molecular flexibility index (Phi) is 9.45. The van der Waals surface area contributed by atoms with E-state index in [1.165, 1.54) is 0 Å². The smallest absolute Gasteiger partial charge is 0.191 e. The quantitative estimate of drug-likeness (QED) is 0.382. The number of nitrogens with zero attached hydrogens (tertiary/aromatic N) is 1. The largest absolute Gasteiger partial charge is 0.497 e. The number of guanidine groups is 1. The highest BCUT2D eigenvalue weighted by Crippen LogP contribution is 2.23. The van der Waals surface area contributed by atoms with Crippen molar-refractivity contribution in [3.63, 3.8) is 0 Å². The van der Waals surface area contributed by atoms with Crippen LogP contribution in [-0.2, 0) is 10.8 Å². The van der Waals surface area contributed by atoms with Crippen LogP contribution in [-0.4, -0.2) is 54.5 Å². The van der Waals surface area contributed by atoms with Crippen LogP contribution in [0.5, 0.6) is 11.5 Å². The SMILES string of the molecule is CCS(=O)C1CCCC(NC(=NC)NCCCOc2cccc(OC)c2)C1. The minimum atomic E-state index is -0.705. The van der Waals surface area contributed by atoms with Crippen LogP contribution >= 0.6 is 0 Å². The molecule has 0 amide bonds. The van der Waals surface area contributed by atoms with Gasteiger partial charge >= 0.3 is 0 Å². The van der Waals surface area contributed by atoms with Gasteiger partial charge < -0.3 is 20.1 Å². The maximum Gasteiger partial charge on any atom is 0.191 e. The normalized spacial score (nSPS) is 21.4. The Bertz CT molecular complexity index is 624. The van der Waals surface area contributed by atoms with Gasteiger partial charge in [0.05, 0.1) is 13.7 Å². The molecule has 1 saturated carbocycles. The molecular weight excluding hydrogens is 362 g/mol. The highest BCUT2D eigenvalue weighted by atomic mass is 32.2. The van der Waals surface area contributed by atoms with E-state index in [0.717, 1.165) is 61.9 Å². The summed E-state index contributed by atoms with van der Waals surface area (Å²) in [5.74, 6) is 3.17. The van der Waals surface area contributed by atoms with Gasteiger partial charge in [0, 0.05) is 47.5 Å². The molecule has 0 saturated heterocycles. The summed E-state index contributed by atoms with van der Waals surface area (Å²) < 4.78 is 23.0. The van der Waals surface area contributed by atoms with Crippen LogP contribution in [0.25, 0.3) is 0 Å². The Morgan fingerprint density at radius 2 is 2.15 bits per heavy atom. The first-order valence-electron chi connectivity index (χ1n) is 9.77. The van der Waals surface area contributed by atoms with Crippen molar-refractivity contribution in [3.05, 3.63) is 24.3 Å². The third-order valence-corrected chi connectivity index (χ3v) is 6.51. The Labute approximate surface area is 165 Å². The molecule has 27 heavy (non-hydrogen) atoms. The van der Waals surface area contributed by atoms with E-state index < -0.39 is 10.8 Å². The standard InChI is InChI=1S/C20H33N3O3S/c1-4-27(24)19-11-5-8-16(14-19)23-20(21-2)22-12-7-13-26-18-10-6-9-17(15-18)25-3/h6,9-10,15-16,19H,4-5,7-8,11-14H2,1-3H3,(H2,21,22,23). The third kappa shape index (κ3) is 7.40. The van der Waals surface area contributed by atoms with Gasteiger partial charge in [-0.3, -0.25) is 9.20 Å². The molecule has 2 rings (SSSR count). The summed E-state index contributed by atoms with van der Waals surface area (Å²) in [5.41, 5.74) is 0. The number of nitrogens with one attached hydrogen (secondary N) is 2. The Morgan fingerprint density at radius 3 is 2.89 bits per heavy atom. The fourth-order valence-corrected chi connectivity index (χ4v) is 4.65. The van der Waals surface area contributed by atoms with E-state index in [0.29, 0.717) is 17.9 Å². The number of rotatable bonds is 9. The average molecular weight is 396 g/mol. The van der Waals surface area contributed by atoms with Gasteiger partial charge in [0.2, 0.25) is 0 Å². The highest BCUT2D eigenvalue weighted by Gasteiger charge is 2.25. The van der Waals surface area contributed by atoms with Crippen LogP contribution in [0.1, 0.15) is 39.0 Å². The van der Waals surface area contributed by atoms with Crippen LogP contribution in [0.15, 0.2) is 29.3 Å². The molecule has 1 aliphatic rings. The molecule has 1 aromatic rings. The third-order valence-electron chi connectivity index (χ3n) is 4.77.